The van der Waals surface area contributed by atoms with Crippen molar-refractivity contribution in [1.29, 1.82) is 0 Å². The molecule has 0 spiro atoms. The smallest absolute Gasteiger partial charge is 0.0777 e. The molecule has 4 heteroatoms. The summed E-state index contributed by atoms with van der Waals surface area (Å²) >= 11 is 3.50. The van der Waals surface area contributed by atoms with Gasteiger partial charge in [0.15, 0.2) is 0 Å². The van der Waals surface area contributed by atoms with Gasteiger partial charge in [-0.25, -0.2) is 0 Å². The summed E-state index contributed by atoms with van der Waals surface area (Å²) in [6.45, 7) is 2.76. The standard InChI is InChI=1S/C12H12BrN3/c1-9-11(13)3-2-4-12(9)16-8-10-7-14-5-6-15-10/h2-7,16H,8H2,1H3. The fraction of sp³-hybridized carbons (Fsp3) is 0.167. The molecule has 0 unspecified atom stereocenters. The molecule has 1 aromatic heterocycles. The number of halogens is 1. The molecule has 1 N–H and O–H groups in total. The van der Waals surface area contributed by atoms with Crippen LogP contribution in [0.15, 0.2) is 41.3 Å². The van der Waals surface area contributed by atoms with Gasteiger partial charge in [0.1, 0.15) is 0 Å². The van der Waals surface area contributed by atoms with Crippen LogP contribution in [-0.4, -0.2) is 9.97 Å². The maximum absolute atomic E-state index is 4.21. The van der Waals surface area contributed by atoms with Crippen molar-refractivity contribution in [2.75, 3.05) is 5.32 Å². The molecule has 0 saturated heterocycles. The Kier molecular flexibility index (Phi) is 3.51. The first kappa shape index (κ1) is 11.1. The number of hydrogen-bond donors (Lipinski definition) is 1. The zero-order chi connectivity index (χ0) is 11.4. The Labute approximate surface area is 103 Å². The molecule has 16 heavy (non-hydrogen) atoms. The molecule has 0 aliphatic carbocycles. The molecule has 0 bridgehead atoms. The molecule has 82 valence electrons. The van der Waals surface area contributed by atoms with Crippen LogP contribution in [-0.2, 0) is 6.54 Å². The van der Waals surface area contributed by atoms with Crippen LogP contribution in [0, 0.1) is 6.92 Å². The minimum Gasteiger partial charge on any atom is -0.379 e. The lowest BCUT2D eigenvalue weighted by Crippen LogP contribution is -2.03. The van der Waals surface area contributed by atoms with Crippen LogP contribution in [0.2, 0.25) is 0 Å². The summed E-state index contributed by atoms with van der Waals surface area (Å²) in [5, 5.41) is 3.34. The molecule has 1 heterocycles. The number of rotatable bonds is 3. The first-order valence-electron chi connectivity index (χ1n) is 5.01. The maximum Gasteiger partial charge on any atom is 0.0777 e. The van der Waals surface area contributed by atoms with E-state index in [1.54, 1.807) is 18.6 Å². The van der Waals surface area contributed by atoms with E-state index in [1.807, 2.05) is 12.1 Å². The van der Waals surface area contributed by atoms with Gasteiger partial charge in [-0.2, -0.15) is 0 Å². The van der Waals surface area contributed by atoms with Gasteiger partial charge in [-0.05, 0) is 24.6 Å². The predicted octanol–water partition coefficient (Wildman–Crippen LogP) is 3.16. The molecule has 0 fully saturated rings. The third-order valence-corrected chi connectivity index (χ3v) is 3.20. The monoisotopic (exact) mass is 277 g/mol. The number of benzene rings is 1. The van der Waals surface area contributed by atoms with Crippen molar-refractivity contribution in [2.24, 2.45) is 0 Å². The molecule has 0 amide bonds. The van der Waals surface area contributed by atoms with Crippen molar-refractivity contribution in [1.82, 2.24) is 9.97 Å². The van der Waals surface area contributed by atoms with Crippen LogP contribution in [0.3, 0.4) is 0 Å². The van der Waals surface area contributed by atoms with Crippen LogP contribution in [0.1, 0.15) is 11.3 Å². The molecule has 2 aromatic rings. The van der Waals surface area contributed by atoms with Crippen LogP contribution >= 0.6 is 15.9 Å². The van der Waals surface area contributed by atoms with Crippen molar-refractivity contribution in [2.45, 2.75) is 13.5 Å². The van der Waals surface area contributed by atoms with E-state index in [2.05, 4.69) is 44.2 Å². The van der Waals surface area contributed by atoms with Gasteiger partial charge in [0.05, 0.1) is 18.4 Å². The van der Waals surface area contributed by atoms with E-state index >= 15 is 0 Å². The van der Waals surface area contributed by atoms with Crippen molar-refractivity contribution in [3.05, 3.63) is 52.5 Å². The van der Waals surface area contributed by atoms with Crippen LogP contribution in [0.5, 0.6) is 0 Å². The van der Waals surface area contributed by atoms with E-state index in [9.17, 15) is 0 Å². The highest BCUT2D eigenvalue weighted by molar-refractivity contribution is 9.10. The number of nitrogens with one attached hydrogen (secondary N) is 1. The van der Waals surface area contributed by atoms with Gasteiger partial charge >= 0.3 is 0 Å². The van der Waals surface area contributed by atoms with Crippen molar-refractivity contribution >= 4 is 21.6 Å². The highest BCUT2D eigenvalue weighted by Gasteiger charge is 2.01. The number of hydrogen-bond acceptors (Lipinski definition) is 3. The average molecular weight is 278 g/mol. The van der Waals surface area contributed by atoms with Gasteiger partial charge in [-0.15, -0.1) is 0 Å². The predicted molar refractivity (Wildman–Crippen MR) is 68.2 cm³/mol. The largest absolute Gasteiger partial charge is 0.379 e. The molecule has 0 atom stereocenters. The Morgan fingerprint density at radius 1 is 1.31 bits per heavy atom. The van der Waals surface area contributed by atoms with Gasteiger partial charge in [0, 0.05) is 22.6 Å². The molecule has 0 saturated carbocycles. The highest BCUT2D eigenvalue weighted by atomic mass is 79.9. The average Bonchev–Trinajstić information content (AvgIpc) is 2.32. The lowest BCUT2D eigenvalue weighted by molar-refractivity contribution is 1.01. The summed E-state index contributed by atoms with van der Waals surface area (Å²) in [5.41, 5.74) is 3.24. The third kappa shape index (κ3) is 2.58. The summed E-state index contributed by atoms with van der Waals surface area (Å²) in [7, 11) is 0. The number of nitrogens with zero attached hydrogens (tertiary/aromatic N) is 2. The number of aromatic nitrogens is 2. The van der Waals surface area contributed by atoms with Crippen molar-refractivity contribution in [3.8, 4) is 0 Å². The topological polar surface area (TPSA) is 37.8 Å². The van der Waals surface area contributed by atoms with Crippen molar-refractivity contribution < 1.29 is 0 Å². The molecule has 3 nitrogen and oxygen atoms in total. The lowest BCUT2D eigenvalue weighted by atomic mass is 10.2. The lowest BCUT2D eigenvalue weighted by Gasteiger charge is -2.09. The molecular weight excluding hydrogens is 266 g/mol. The second-order valence-corrected chi connectivity index (χ2v) is 4.32. The Morgan fingerprint density at radius 3 is 2.94 bits per heavy atom. The summed E-state index contributed by atoms with van der Waals surface area (Å²) in [6.07, 6.45) is 5.14. The molecule has 0 aliphatic rings. The Morgan fingerprint density at radius 2 is 2.19 bits per heavy atom. The van der Waals surface area contributed by atoms with Gasteiger partial charge in [-0.3, -0.25) is 9.97 Å². The summed E-state index contributed by atoms with van der Waals surface area (Å²) in [4.78, 5) is 8.23. The van der Waals surface area contributed by atoms with Gasteiger partial charge in [0.25, 0.3) is 0 Å². The fourth-order valence-corrected chi connectivity index (χ4v) is 1.77. The third-order valence-electron chi connectivity index (χ3n) is 2.34. The zero-order valence-electron chi connectivity index (χ0n) is 8.94. The molecule has 2 rings (SSSR count). The highest BCUT2D eigenvalue weighted by Crippen LogP contribution is 2.23. The molecule has 1 aromatic carbocycles. The van der Waals surface area contributed by atoms with E-state index in [4.69, 9.17) is 0 Å². The van der Waals surface area contributed by atoms with E-state index in [0.717, 1.165) is 15.9 Å². The van der Waals surface area contributed by atoms with Gasteiger partial charge < -0.3 is 5.32 Å². The van der Waals surface area contributed by atoms with E-state index in [0.29, 0.717) is 6.54 Å². The van der Waals surface area contributed by atoms with Crippen LogP contribution in [0.4, 0.5) is 5.69 Å². The summed E-state index contributed by atoms with van der Waals surface area (Å²) in [5.74, 6) is 0. The molecule has 0 aliphatic heterocycles. The summed E-state index contributed by atoms with van der Waals surface area (Å²) in [6, 6.07) is 6.09. The van der Waals surface area contributed by atoms with Crippen molar-refractivity contribution in [3.63, 3.8) is 0 Å². The normalized spacial score (nSPS) is 10.1. The van der Waals surface area contributed by atoms with E-state index < -0.39 is 0 Å². The maximum atomic E-state index is 4.21. The number of anilines is 1. The Balaban J connectivity index is 2.08. The minimum absolute atomic E-state index is 0.686. The zero-order valence-corrected chi connectivity index (χ0v) is 10.5. The van der Waals surface area contributed by atoms with E-state index in [-0.39, 0.29) is 0 Å². The van der Waals surface area contributed by atoms with Crippen LogP contribution in [0.25, 0.3) is 0 Å². The first-order valence-corrected chi connectivity index (χ1v) is 5.80. The quantitative estimate of drug-likeness (QED) is 0.937. The van der Waals surface area contributed by atoms with Gasteiger partial charge in [-0.1, -0.05) is 22.0 Å². The first-order chi connectivity index (χ1) is 7.77. The second-order valence-electron chi connectivity index (χ2n) is 3.46. The molecular formula is C12H12BrN3. The van der Waals surface area contributed by atoms with E-state index in [1.165, 1.54) is 5.56 Å². The molecule has 0 radical (unpaired) electrons. The summed E-state index contributed by atoms with van der Waals surface area (Å²) < 4.78 is 1.11. The Hall–Kier alpha value is -1.42. The minimum atomic E-state index is 0.686. The van der Waals surface area contributed by atoms with Gasteiger partial charge in [0.2, 0.25) is 0 Å². The second kappa shape index (κ2) is 5.07. The Bertz CT molecular complexity index is 471. The SMILES string of the molecule is Cc1c(Br)cccc1NCc1cnccn1. The van der Waals surface area contributed by atoms with Crippen LogP contribution < -0.4 is 5.32 Å². The fourth-order valence-electron chi connectivity index (χ4n) is 1.41.